The minimum Gasteiger partial charge on any atom is -0.450 e. The van der Waals surface area contributed by atoms with Crippen molar-refractivity contribution in [1.82, 2.24) is 20.0 Å². The number of benzene rings is 1. The smallest absolute Gasteiger partial charge is 0.409 e. The van der Waals surface area contributed by atoms with Crippen molar-refractivity contribution in [3.8, 4) is 0 Å². The molecule has 0 unspecified atom stereocenters. The fraction of sp³-hybridized carbons (Fsp3) is 0.438. The highest BCUT2D eigenvalue weighted by Gasteiger charge is 2.27. The van der Waals surface area contributed by atoms with Gasteiger partial charge in [0, 0.05) is 31.6 Å². The first-order valence-corrected chi connectivity index (χ1v) is 7.76. The summed E-state index contributed by atoms with van der Waals surface area (Å²) in [5.41, 5.74) is 2.37. The molecule has 0 radical (unpaired) electrons. The van der Waals surface area contributed by atoms with E-state index in [0.29, 0.717) is 38.5 Å². The van der Waals surface area contributed by atoms with E-state index in [1.807, 2.05) is 25.1 Å². The van der Waals surface area contributed by atoms with E-state index in [2.05, 4.69) is 10.2 Å². The predicted octanol–water partition coefficient (Wildman–Crippen LogP) is 1.79. The van der Waals surface area contributed by atoms with Crippen LogP contribution in [0.5, 0.6) is 0 Å². The number of H-pyrrole nitrogens is 1. The van der Waals surface area contributed by atoms with E-state index in [0.717, 1.165) is 16.5 Å². The summed E-state index contributed by atoms with van der Waals surface area (Å²) in [6.45, 7) is 6.05. The Morgan fingerprint density at radius 3 is 2.61 bits per heavy atom. The third-order valence-electron chi connectivity index (χ3n) is 4.01. The third kappa shape index (κ3) is 2.99. The Kier molecular flexibility index (Phi) is 4.18. The molecule has 1 fully saturated rings. The van der Waals surface area contributed by atoms with Gasteiger partial charge in [0.15, 0.2) is 5.69 Å². The average Bonchev–Trinajstić information content (AvgIpc) is 2.97. The van der Waals surface area contributed by atoms with Gasteiger partial charge in [-0.1, -0.05) is 11.6 Å². The molecular formula is C16H20N4O3. The first-order valence-electron chi connectivity index (χ1n) is 7.76. The van der Waals surface area contributed by atoms with E-state index < -0.39 is 0 Å². The zero-order valence-electron chi connectivity index (χ0n) is 13.3. The maximum Gasteiger partial charge on any atom is 0.409 e. The van der Waals surface area contributed by atoms with Gasteiger partial charge in [0.05, 0.1) is 12.1 Å². The summed E-state index contributed by atoms with van der Waals surface area (Å²) < 4.78 is 4.99. The standard InChI is InChI=1S/C16H20N4O3/c1-3-23-16(22)20-8-6-19(7-9-20)15(21)14-12-10-11(2)4-5-13(12)17-18-14/h4-5,10H,3,6-9H2,1-2H3,(H,17,18). The van der Waals surface area contributed by atoms with E-state index >= 15 is 0 Å². The molecule has 7 nitrogen and oxygen atoms in total. The van der Waals surface area contributed by atoms with E-state index in [4.69, 9.17) is 4.74 Å². The molecule has 2 amide bonds. The fourth-order valence-electron chi connectivity index (χ4n) is 2.75. The number of aromatic amines is 1. The average molecular weight is 316 g/mol. The number of rotatable bonds is 2. The minimum atomic E-state index is -0.319. The maximum atomic E-state index is 12.7. The molecule has 0 spiro atoms. The molecule has 1 aliphatic rings. The second-order valence-corrected chi connectivity index (χ2v) is 5.60. The van der Waals surface area contributed by atoms with Crippen LogP contribution in [0.1, 0.15) is 23.0 Å². The van der Waals surface area contributed by atoms with E-state index in [1.165, 1.54) is 0 Å². The Balaban J connectivity index is 1.72. The Morgan fingerprint density at radius 2 is 1.91 bits per heavy atom. The van der Waals surface area contributed by atoms with Crippen LogP contribution in [0.2, 0.25) is 0 Å². The van der Waals surface area contributed by atoms with Crippen LogP contribution >= 0.6 is 0 Å². The lowest BCUT2D eigenvalue weighted by Gasteiger charge is -2.33. The molecule has 1 aliphatic heterocycles. The molecule has 1 N–H and O–H groups in total. The number of carbonyl (C=O) groups excluding carboxylic acids is 2. The quantitative estimate of drug-likeness (QED) is 0.916. The number of piperazine rings is 1. The van der Waals surface area contributed by atoms with Crippen LogP contribution < -0.4 is 0 Å². The van der Waals surface area contributed by atoms with Crippen LogP contribution in [0.15, 0.2) is 18.2 Å². The second-order valence-electron chi connectivity index (χ2n) is 5.60. The summed E-state index contributed by atoms with van der Waals surface area (Å²) in [5.74, 6) is -0.106. The van der Waals surface area contributed by atoms with Crippen LogP contribution in [-0.4, -0.2) is 64.8 Å². The molecule has 0 saturated carbocycles. The molecule has 1 aromatic heterocycles. The first-order chi connectivity index (χ1) is 11.1. The molecule has 0 atom stereocenters. The molecule has 122 valence electrons. The van der Waals surface area contributed by atoms with Crippen LogP contribution in [0.4, 0.5) is 4.79 Å². The van der Waals surface area contributed by atoms with Crippen LogP contribution in [-0.2, 0) is 4.74 Å². The maximum absolute atomic E-state index is 12.7. The number of hydrogen-bond donors (Lipinski definition) is 1. The number of nitrogens with one attached hydrogen (secondary N) is 1. The number of amides is 2. The number of carbonyl (C=O) groups is 2. The van der Waals surface area contributed by atoms with Crippen molar-refractivity contribution >= 4 is 22.9 Å². The molecule has 2 aromatic rings. The fourth-order valence-corrected chi connectivity index (χ4v) is 2.75. The number of hydrogen-bond acceptors (Lipinski definition) is 4. The predicted molar refractivity (Wildman–Crippen MR) is 85.3 cm³/mol. The minimum absolute atomic E-state index is 0.106. The lowest BCUT2D eigenvalue weighted by molar-refractivity contribution is 0.0567. The lowest BCUT2D eigenvalue weighted by Crippen LogP contribution is -2.50. The molecule has 1 aromatic carbocycles. The van der Waals surface area contributed by atoms with Gasteiger partial charge < -0.3 is 14.5 Å². The van der Waals surface area contributed by atoms with Crippen molar-refractivity contribution in [2.45, 2.75) is 13.8 Å². The monoisotopic (exact) mass is 316 g/mol. The molecule has 7 heteroatoms. The van der Waals surface area contributed by atoms with Gasteiger partial charge in [-0.15, -0.1) is 0 Å². The topological polar surface area (TPSA) is 78.5 Å². The zero-order valence-corrected chi connectivity index (χ0v) is 13.3. The Morgan fingerprint density at radius 1 is 1.22 bits per heavy atom. The van der Waals surface area contributed by atoms with Gasteiger partial charge in [-0.3, -0.25) is 9.89 Å². The number of aryl methyl sites for hydroxylation is 1. The normalized spacial score (nSPS) is 15.0. The molecule has 2 heterocycles. The summed E-state index contributed by atoms with van der Waals surface area (Å²) in [6.07, 6.45) is -0.319. The lowest BCUT2D eigenvalue weighted by atomic mass is 10.1. The van der Waals surface area contributed by atoms with Crippen LogP contribution in [0.25, 0.3) is 10.9 Å². The molecule has 0 bridgehead atoms. The summed E-state index contributed by atoms with van der Waals surface area (Å²) in [7, 11) is 0. The Labute approximate surface area is 134 Å². The highest BCUT2D eigenvalue weighted by molar-refractivity contribution is 6.04. The van der Waals surface area contributed by atoms with Crippen molar-refractivity contribution in [2.75, 3.05) is 32.8 Å². The summed E-state index contributed by atoms with van der Waals surface area (Å²) in [4.78, 5) is 27.8. The molecule has 23 heavy (non-hydrogen) atoms. The molecular weight excluding hydrogens is 296 g/mol. The highest BCUT2D eigenvalue weighted by atomic mass is 16.6. The van der Waals surface area contributed by atoms with Crippen molar-refractivity contribution in [2.24, 2.45) is 0 Å². The largest absolute Gasteiger partial charge is 0.450 e. The van der Waals surface area contributed by atoms with Gasteiger partial charge in [-0.2, -0.15) is 5.10 Å². The van der Waals surface area contributed by atoms with Gasteiger partial charge in [0.1, 0.15) is 0 Å². The summed E-state index contributed by atoms with van der Waals surface area (Å²) in [6, 6.07) is 5.86. The number of aromatic nitrogens is 2. The van der Waals surface area contributed by atoms with Gasteiger partial charge in [0.25, 0.3) is 5.91 Å². The zero-order chi connectivity index (χ0) is 16.4. The Bertz CT molecular complexity index is 732. The van der Waals surface area contributed by atoms with Crippen molar-refractivity contribution in [3.05, 3.63) is 29.5 Å². The van der Waals surface area contributed by atoms with Gasteiger partial charge >= 0.3 is 6.09 Å². The van der Waals surface area contributed by atoms with E-state index in [-0.39, 0.29) is 12.0 Å². The first kappa shape index (κ1) is 15.3. The number of nitrogens with zero attached hydrogens (tertiary/aromatic N) is 3. The van der Waals surface area contributed by atoms with Gasteiger partial charge in [-0.25, -0.2) is 4.79 Å². The molecule has 3 rings (SSSR count). The van der Waals surface area contributed by atoms with Gasteiger partial charge in [-0.05, 0) is 26.0 Å². The van der Waals surface area contributed by atoms with Crippen molar-refractivity contribution < 1.29 is 14.3 Å². The second kappa shape index (κ2) is 6.28. The Hall–Kier alpha value is -2.57. The summed E-state index contributed by atoms with van der Waals surface area (Å²) >= 11 is 0. The van der Waals surface area contributed by atoms with Gasteiger partial charge in [0.2, 0.25) is 0 Å². The highest BCUT2D eigenvalue weighted by Crippen LogP contribution is 2.19. The third-order valence-corrected chi connectivity index (χ3v) is 4.01. The number of fused-ring (bicyclic) bond motifs is 1. The van der Waals surface area contributed by atoms with Crippen LogP contribution in [0, 0.1) is 6.92 Å². The molecule has 0 aliphatic carbocycles. The SMILES string of the molecule is CCOC(=O)N1CCN(C(=O)c2n[nH]c3ccc(C)cc23)CC1. The molecule has 1 saturated heterocycles. The van der Waals surface area contributed by atoms with E-state index in [1.54, 1.807) is 16.7 Å². The number of ether oxygens (including phenoxy) is 1. The van der Waals surface area contributed by atoms with Crippen molar-refractivity contribution in [3.63, 3.8) is 0 Å². The van der Waals surface area contributed by atoms with Crippen molar-refractivity contribution in [1.29, 1.82) is 0 Å². The van der Waals surface area contributed by atoms with Crippen LogP contribution in [0.3, 0.4) is 0 Å². The van der Waals surface area contributed by atoms with E-state index in [9.17, 15) is 9.59 Å². The summed E-state index contributed by atoms with van der Waals surface area (Å²) in [5, 5.41) is 7.91.